The molecule has 0 aliphatic carbocycles. The van der Waals surface area contributed by atoms with Crippen LogP contribution in [0.2, 0.25) is 0 Å². The van der Waals surface area contributed by atoms with E-state index in [-0.39, 0.29) is 18.9 Å². The highest BCUT2D eigenvalue weighted by Gasteiger charge is 2.32. The van der Waals surface area contributed by atoms with Crippen molar-refractivity contribution < 1.29 is 28.9 Å². The molecule has 1 aliphatic rings. The van der Waals surface area contributed by atoms with Crippen LogP contribution in [-0.4, -0.2) is 60.9 Å². The Kier molecular flexibility index (Phi) is 6.87. The van der Waals surface area contributed by atoms with Crippen LogP contribution in [0.5, 0.6) is 11.5 Å². The number of benzene rings is 1. The van der Waals surface area contributed by atoms with Crippen LogP contribution in [0.3, 0.4) is 0 Å². The number of ether oxygens (including phenoxy) is 3. The normalized spacial score (nSPS) is 17.4. The third kappa shape index (κ3) is 4.86. The number of hydrogen-bond acceptors (Lipinski definition) is 5. The van der Waals surface area contributed by atoms with E-state index < -0.39 is 12.0 Å². The molecule has 1 N–H and O–H groups in total. The van der Waals surface area contributed by atoms with Crippen molar-refractivity contribution in [1.29, 1.82) is 0 Å². The molecule has 0 bridgehead atoms. The lowest BCUT2D eigenvalue weighted by Crippen LogP contribution is -2.52. The van der Waals surface area contributed by atoms with Gasteiger partial charge >= 0.3 is 5.97 Å². The largest absolute Gasteiger partial charge is 0.490 e. The predicted molar refractivity (Wildman–Crippen MR) is 86.3 cm³/mol. The molecule has 1 aliphatic heterocycles. The Morgan fingerprint density at radius 2 is 2.00 bits per heavy atom. The summed E-state index contributed by atoms with van der Waals surface area (Å²) in [6.07, 6.45) is 0.740. The first-order chi connectivity index (χ1) is 11.6. The van der Waals surface area contributed by atoms with E-state index in [2.05, 4.69) is 0 Å². The van der Waals surface area contributed by atoms with Gasteiger partial charge in [-0.15, -0.1) is 0 Å². The van der Waals surface area contributed by atoms with Crippen molar-refractivity contribution in [3.8, 4) is 11.5 Å². The monoisotopic (exact) mass is 337 g/mol. The van der Waals surface area contributed by atoms with E-state index in [1.807, 2.05) is 31.2 Å². The summed E-state index contributed by atoms with van der Waals surface area (Å²) in [5.41, 5.74) is 0. The van der Waals surface area contributed by atoms with Crippen molar-refractivity contribution in [3.63, 3.8) is 0 Å². The van der Waals surface area contributed by atoms with Gasteiger partial charge in [0.2, 0.25) is 5.91 Å². The molecule has 7 nitrogen and oxygen atoms in total. The first-order valence-corrected chi connectivity index (χ1v) is 8.08. The van der Waals surface area contributed by atoms with Gasteiger partial charge in [0.1, 0.15) is 0 Å². The number of carbonyl (C=O) groups is 2. The van der Waals surface area contributed by atoms with E-state index >= 15 is 0 Å². The molecule has 1 atom stereocenters. The van der Waals surface area contributed by atoms with E-state index in [0.29, 0.717) is 44.3 Å². The van der Waals surface area contributed by atoms with Crippen molar-refractivity contribution in [2.24, 2.45) is 0 Å². The van der Waals surface area contributed by atoms with Crippen molar-refractivity contribution >= 4 is 11.9 Å². The highest BCUT2D eigenvalue weighted by atomic mass is 16.5. The lowest BCUT2D eigenvalue weighted by atomic mass is 10.2. The van der Waals surface area contributed by atoms with Crippen molar-refractivity contribution in [2.45, 2.75) is 25.8 Å². The zero-order chi connectivity index (χ0) is 17.4. The van der Waals surface area contributed by atoms with Crippen LogP contribution in [0, 0.1) is 0 Å². The molecule has 24 heavy (non-hydrogen) atoms. The highest BCUT2D eigenvalue weighted by Crippen LogP contribution is 2.26. The average molecular weight is 337 g/mol. The van der Waals surface area contributed by atoms with E-state index in [1.54, 1.807) is 0 Å². The average Bonchev–Trinajstić information content (AvgIpc) is 2.60. The first kappa shape index (κ1) is 18.1. The van der Waals surface area contributed by atoms with Gasteiger partial charge < -0.3 is 24.2 Å². The van der Waals surface area contributed by atoms with Crippen LogP contribution < -0.4 is 9.47 Å². The van der Waals surface area contributed by atoms with E-state index in [1.165, 1.54) is 4.90 Å². The summed E-state index contributed by atoms with van der Waals surface area (Å²) >= 11 is 0. The third-order valence-electron chi connectivity index (χ3n) is 3.68. The molecule has 1 saturated heterocycles. The summed E-state index contributed by atoms with van der Waals surface area (Å²) in [5.74, 6) is 0.0874. The summed E-state index contributed by atoms with van der Waals surface area (Å²) in [4.78, 5) is 24.8. The summed E-state index contributed by atoms with van der Waals surface area (Å²) < 4.78 is 16.3. The number of carboxylic acid groups (broad SMARTS) is 1. The third-order valence-corrected chi connectivity index (χ3v) is 3.68. The SMILES string of the molecule is CCOc1ccccc1OCCCC(=O)N1CCOC[C@H]1C(=O)O. The molecule has 1 fully saturated rings. The number of aliphatic carboxylic acids is 1. The zero-order valence-corrected chi connectivity index (χ0v) is 13.8. The second-order valence-corrected chi connectivity index (χ2v) is 5.35. The molecule has 7 heteroatoms. The molecule has 1 heterocycles. The van der Waals surface area contributed by atoms with Gasteiger partial charge in [0.15, 0.2) is 17.5 Å². The van der Waals surface area contributed by atoms with Crippen LogP contribution in [0.25, 0.3) is 0 Å². The van der Waals surface area contributed by atoms with Crippen LogP contribution >= 0.6 is 0 Å². The molecular weight excluding hydrogens is 314 g/mol. The molecule has 2 rings (SSSR count). The van der Waals surface area contributed by atoms with Crippen LogP contribution in [-0.2, 0) is 14.3 Å². The van der Waals surface area contributed by atoms with E-state index in [4.69, 9.17) is 19.3 Å². The lowest BCUT2D eigenvalue weighted by Gasteiger charge is -2.32. The molecule has 0 spiro atoms. The molecule has 0 radical (unpaired) electrons. The fourth-order valence-electron chi connectivity index (χ4n) is 2.50. The topological polar surface area (TPSA) is 85.3 Å². The quantitative estimate of drug-likeness (QED) is 0.725. The minimum absolute atomic E-state index is 0.0410. The molecule has 1 aromatic rings. The smallest absolute Gasteiger partial charge is 0.328 e. The number of carboxylic acids is 1. The Morgan fingerprint density at radius 1 is 1.29 bits per heavy atom. The molecule has 0 saturated carbocycles. The zero-order valence-electron chi connectivity index (χ0n) is 13.8. The first-order valence-electron chi connectivity index (χ1n) is 8.08. The Morgan fingerprint density at radius 3 is 2.67 bits per heavy atom. The van der Waals surface area contributed by atoms with E-state index in [0.717, 1.165) is 0 Å². The minimum atomic E-state index is -1.04. The summed E-state index contributed by atoms with van der Waals surface area (Å²) in [6, 6.07) is 6.47. The molecule has 1 amide bonds. The fourth-order valence-corrected chi connectivity index (χ4v) is 2.50. The number of para-hydroxylation sites is 2. The van der Waals surface area contributed by atoms with Crippen molar-refractivity contribution in [3.05, 3.63) is 24.3 Å². The molecule has 132 valence electrons. The Bertz CT molecular complexity index is 562. The fraction of sp³-hybridized carbons (Fsp3) is 0.529. The molecular formula is C17H23NO6. The maximum absolute atomic E-state index is 12.2. The number of hydrogen-bond donors (Lipinski definition) is 1. The second kappa shape index (κ2) is 9.12. The lowest BCUT2D eigenvalue weighted by molar-refractivity contribution is -0.158. The maximum atomic E-state index is 12.2. The highest BCUT2D eigenvalue weighted by molar-refractivity contribution is 5.84. The van der Waals surface area contributed by atoms with Crippen molar-refractivity contribution in [1.82, 2.24) is 4.90 Å². The van der Waals surface area contributed by atoms with Gasteiger partial charge in [0.05, 0.1) is 26.4 Å². The second-order valence-electron chi connectivity index (χ2n) is 5.35. The summed E-state index contributed by atoms with van der Waals surface area (Å²) in [7, 11) is 0. The van der Waals surface area contributed by atoms with Crippen LogP contribution in [0.15, 0.2) is 24.3 Å². The standard InChI is InChI=1S/C17H23NO6/c1-2-23-14-6-3-4-7-15(14)24-10-5-8-16(19)18-9-11-22-12-13(18)17(20)21/h3-4,6-7,13H,2,5,8-12H2,1H3,(H,20,21)/t13-/m0/s1. The number of carbonyl (C=O) groups excluding carboxylic acids is 1. The van der Waals surface area contributed by atoms with Gasteiger partial charge in [-0.1, -0.05) is 12.1 Å². The molecule has 1 aromatic carbocycles. The summed E-state index contributed by atoms with van der Waals surface area (Å²) in [6.45, 7) is 3.53. The Hall–Kier alpha value is -2.28. The molecule has 0 unspecified atom stereocenters. The van der Waals surface area contributed by atoms with E-state index in [9.17, 15) is 9.59 Å². The molecule has 0 aromatic heterocycles. The Labute approximate surface area is 141 Å². The predicted octanol–water partition coefficient (Wildman–Crippen LogP) is 1.56. The van der Waals surface area contributed by atoms with Crippen LogP contribution in [0.4, 0.5) is 0 Å². The number of nitrogens with zero attached hydrogens (tertiary/aromatic N) is 1. The number of rotatable bonds is 8. The van der Waals surface area contributed by atoms with Crippen LogP contribution in [0.1, 0.15) is 19.8 Å². The van der Waals surface area contributed by atoms with Gasteiger partial charge in [-0.2, -0.15) is 0 Å². The van der Waals surface area contributed by atoms with Gasteiger partial charge in [-0.25, -0.2) is 4.79 Å². The van der Waals surface area contributed by atoms with Crippen molar-refractivity contribution in [2.75, 3.05) is 33.0 Å². The van der Waals surface area contributed by atoms with Gasteiger partial charge in [-0.05, 0) is 25.5 Å². The maximum Gasteiger partial charge on any atom is 0.328 e. The van der Waals surface area contributed by atoms with Gasteiger partial charge in [-0.3, -0.25) is 4.79 Å². The van der Waals surface area contributed by atoms with Gasteiger partial charge in [0, 0.05) is 13.0 Å². The number of morpholine rings is 1. The van der Waals surface area contributed by atoms with Gasteiger partial charge in [0.25, 0.3) is 0 Å². The summed E-state index contributed by atoms with van der Waals surface area (Å²) in [5, 5.41) is 9.15. The number of amides is 1. The minimum Gasteiger partial charge on any atom is -0.490 e. The Balaban J connectivity index is 1.79.